The third kappa shape index (κ3) is 4.84. The zero-order chi connectivity index (χ0) is 14.7. The second-order valence-electron chi connectivity index (χ2n) is 4.14. The molecule has 106 valence electrons. The Morgan fingerprint density at radius 1 is 1.17 bits per heavy atom. The fourth-order valence-corrected chi connectivity index (χ4v) is 1.83. The van der Waals surface area contributed by atoms with Gasteiger partial charge in [0.2, 0.25) is 5.82 Å². The maximum Gasteiger partial charge on any atom is 0.337 e. The van der Waals surface area contributed by atoms with Gasteiger partial charge in [0.05, 0.1) is 11.3 Å². The molecule has 0 aliphatic heterocycles. The van der Waals surface area contributed by atoms with Crippen LogP contribution in [0.4, 0.5) is 11.5 Å². The molecular weight excluding hydrogens is 318 g/mol. The third-order valence-electron chi connectivity index (χ3n) is 2.78. The van der Waals surface area contributed by atoms with Gasteiger partial charge in [-0.3, -0.25) is 0 Å². The van der Waals surface area contributed by atoms with E-state index in [1.54, 1.807) is 30.5 Å². The molecule has 2 aromatic heterocycles. The molecule has 2 heterocycles. The summed E-state index contributed by atoms with van der Waals surface area (Å²) in [6.07, 6.45) is 1.62. The van der Waals surface area contributed by atoms with Gasteiger partial charge in [-0.15, -0.1) is 10.2 Å². The van der Waals surface area contributed by atoms with Gasteiger partial charge in [0.25, 0.3) is 0 Å². The minimum absolute atomic E-state index is 0. The summed E-state index contributed by atoms with van der Waals surface area (Å²) in [5, 5.41) is 25.7. The van der Waals surface area contributed by atoms with Crippen molar-refractivity contribution in [2.24, 2.45) is 0 Å². The van der Waals surface area contributed by atoms with Crippen LogP contribution in [0.2, 0.25) is 0 Å². The van der Waals surface area contributed by atoms with Crippen LogP contribution in [-0.4, -0.2) is 95.8 Å². The fourth-order valence-electron chi connectivity index (χ4n) is 1.83. The molecule has 23 heavy (non-hydrogen) atoms. The number of aromatic carboxylic acids is 1. The van der Waals surface area contributed by atoms with E-state index in [0.29, 0.717) is 22.9 Å². The van der Waals surface area contributed by atoms with E-state index in [9.17, 15) is 9.90 Å². The summed E-state index contributed by atoms with van der Waals surface area (Å²) in [4.78, 5) is 15.5. The first kappa shape index (κ1) is 19.8. The van der Waals surface area contributed by atoms with E-state index in [1.807, 2.05) is 6.07 Å². The van der Waals surface area contributed by atoms with Gasteiger partial charge in [0.1, 0.15) is 5.82 Å². The fraction of sp³-hybridized carbons (Fsp3) is 0. The van der Waals surface area contributed by atoms with Crippen LogP contribution in [-0.2, 0) is 0 Å². The molecule has 0 saturated heterocycles. The molecule has 0 aliphatic rings. The number of carbonyl (C=O) groups is 1. The average molecular weight is 328 g/mol. The summed E-state index contributed by atoms with van der Waals surface area (Å²) >= 11 is 0. The Balaban J connectivity index is 0.00000132. The Morgan fingerprint density at radius 3 is 2.61 bits per heavy atom. The van der Waals surface area contributed by atoms with E-state index >= 15 is 0 Å². The quantitative estimate of drug-likeness (QED) is 0.610. The van der Waals surface area contributed by atoms with Crippen LogP contribution in [0.3, 0.4) is 0 Å². The monoisotopic (exact) mass is 328 g/mol. The van der Waals surface area contributed by atoms with Crippen molar-refractivity contribution in [1.82, 2.24) is 25.6 Å². The first-order valence-electron chi connectivity index (χ1n) is 6.03. The van der Waals surface area contributed by atoms with E-state index < -0.39 is 5.97 Å². The largest absolute Gasteiger partial charge is 0.478 e. The van der Waals surface area contributed by atoms with Gasteiger partial charge in [-0.1, -0.05) is 6.07 Å². The number of carboxylic acid groups (broad SMARTS) is 1. The number of pyridine rings is 1. The predicted molar refractivity (Wildman–Crippen MR) is 85.6 cm³/mol. The standard InChI is InChI=1S/C13H10N6O2.2Na/c20-13(21)9-7-8(12-16-18-19-17-12)4-5-10(9)15-11-3-1-2-6-14-11;;/h1-7H,(H,14,15)(H,20,21)(H,16,17,18,19);;. The van der Waals surface area contributed by atoms with Crippen molar-refractivity contribution in [1.29, 1.82) is 0 Å². The van der Waals surface area contributed by atoms with Crippen LogP contribution in [0, 0.1) is 0 Å². The molecule has 0 saturated carbocycles. The number of hydrogen-bond donors (Lipinski definition) is 3. The van der Waals surface area contributed by atoms with Gasteiger partial charge in [-0.2, -0.15) is 5.21 Å². The minimum atomic E-state index is -1.06. The van der Waals surface area contributed by atoms with Crippen molar-refractivity contribution in [2.45, 2.75) is 0 Å². The van der Waals surface area contributed by atoms with Gasteiger partial charge >= 0.3 is 5.97 Å². The van der Waals surface area contributed by atoms with Crippen molar-refractivity contribution < 1.29 is 9.90 Å². The van der Waals surface area contributed by atoms with Gasteiger partial charge in [0.15, 0.2) is 0 Å². The van der Waals surface area contributed by atoms with Gasteiger partial charge in [0, 0.05) is 70.9 Å². The van der Waals surface area contributed by atoms with Gasteiger partial charge in [-0.25, -0.2) is 9.78 Å². The summed E-state index contributed by atoms with van der Waals surface area (Å²) in [6, 6.07) is 10.2. The van der Waals surface area contributed by atoms with E-state index in [1.165, 1.54) is 6.07 Å². The molecule has 8 nitrogen and oxygen atoms in total. The number of hydrogen-bond acceptors (Lipinski definition) is 6. The molecule has 3 N–H and O–H groups in total. The second kappa shape index (κ2) is 9.11. The molecule has 0 unspecified atom stereocenters. The van der Waals surface area contributed by atoms with Crippen molar-refractivity contribution in [3.63, 3.8) is 0 Å². The Hall–Kier alpha value is -1.29. The van der Waals surface area contributed by atoms with Gasteiger partial charge < -0.3 is 10.4 Å². The zero-order valence-corrected chi connectivity index (χ0v) is 16.7. The molecule has 3 rings (SSSR count). The zero-order valence-electron chi connectivity index (χ0n) is 12.7. The summed E-state index contributed by atoms with van der Waals surface area (Å²) in [5.74, 6) is -0.159. The van der Waals surface area contributed by atoms with Crippen LogP contribution in [0.15, 0.2) is 42.6 Å². The van der Waals surface area contributed by atoms with Crippen LogP contribution in [0.5, 0.6) is 0 Å². The van der Waals surface area contributed by atoms with Crippen LogP contribution in [0.1, 0.15) is 10.4 Å². The van der Waals surface area contributed by atoms with Crippen molar-refractivity contribution in [3.05, 3.63) is 48.2 Å². The van der Waals surface area contributed by atoms with Crippen LogP contribution >= 0.6 is 0 Å². The first-order valence-corrected chi connectivity index (χ1v) is 6.03. The van der Waals surface area contributed by atoms with Crippen LogP contribution in [0.25, 0.3) is 11.4 Å². The molecule has 0 bridgehead atoms. The number of nitrogens with zero attached hydrogens (tertiary/aromatic N) is 4. The van der Waals surface area contributed by atoms with Crippen molar-refractivity contribution in [2.75, 3.05) is 5.32 Å². The number of tetrazole rings is 1. The van der Waals surface area contributed by atoms with E-state index in [0.717, 1.165) is 0 Å². The number of nitrogens with one attached hydrogen (secondary N) is 2. The summed E-state index contributed by atoms with van der Waals surface area (Å²) in [5.41, 5.74) is 1.10. The van der Waals surface area contributed by atoms with E-state index in [2.05, 4.69) is 30.9 Å². The number of rotatable bonds is 4. The SMILES string of the molecule is O=C(O)c1cc(-c2nn[nH]n2)ccc1Nc1ccccn1.[Na].[Na]. The molecule has 0 aliphatic carbocycles. The Morgan fingerprint density at radius 2 is 2.00 bits per heavy atom. The number of anilines is 2. The number of aromatic amines is 1. The van der Waals surface area contributed by atoms with Crippen molar-refractivity contribution >= 4 is 76.6 Å². The molecular formula is C13H10N6Na2O2. The summed E-state index contributed by atoms with van der Waals surface area (Å²) < 4.78 is 0. The number of H-pyrrole nitrogens is 1. The molecule has 0 fully saturated rings. The average Bonchev–Trinajstić information content (AvgIpc) is 3.03. The van der Waals surface area contributed by atoms with E-state index in [4.69, 9.17) is 0 Å². The molecule has 10 heteroatoms. The summed E-state index contributed by atoms with van der Waals surface area (Å²) in [6.45, 7) is 0. The molecule has 1 aromatic carbocycles. The Bertz CT molecular complexity index is 767. The Kier molecular flexibility index (Phi) is 7.83. The maximum atomic E-state index is 11.4. The van der Waals surface area contributed by atoms with Crippen LogP contribution < -0.4 is 5.32 Å². The molecule has 0 amide bonds. The molecule has 0 atom stereocenters. The minimum Gasteiger partial charge on any atom is -0.478 e. The smallest absolute Gasteiger partial charge is 0.337 e. The Labute approximate surface area is 175 Å². The predicted octanol–water partition coefficient (Wildman–Crippen LogP) is 0.942. The van der Waals surface area contributed by atoms with Crippen molar-refractivity contribution in [3.8, 4) is 11.4 Å². The first-order chi connectivity index (χ1) is 10.2. The third-order valence-corrected chi connectivity index (χ3v) is 2.78. The number of carboxylic acids is 1. The number of benzene rings is 1. The van der Waals surface area contributed by atoms with E-state index in [-0.39, 0.29) is 64.7 Å². The molecule has 0 spiro atoms. The molecule has 2 radical (unpaired) electrons. The molecule has 3 aromatic rings. The maximum absolute atomic E-state index is 11.4. The number of aromatic nitrogens is 5. The van der Waals surface area contributed by atoms with Gasteiger partial charge in [-0.05, 0) is 35.5 Å². The normalized spacial score (nSPS) is 9.39. The second-order valence-corrected chi connectivity index (χ2v) is 4.14. The topological polar surface area (TPSA) is 117 Å². The summed E-state index contributed by atoms with van der Waals surface area (Å²) in [7, 11) is 0.